The Kier molecular flexibility index (Phi) is 7.40. The summed E-state index contributed by atoms with van der Waals surface area (Å²) >= 11 is 0. The molecule has 2 N–H and O–H groups in total. The Morgan fingerprint density at radius 3 is 1.97 bits per heavy atom. The van der Waals surface area contributed by atoms with Gasteiger partial charge in [0.05, 0.1) is 23.2 Å². The number of nitrogens with zero attached hydrogens (tertiary/aromatic N) is 1. The average molecular weight is 460 g/mol. The van der Waals surface area contributed by atoms with Crippen LogP contribution >= 0.6 is 0 Å². The van der Waals surface area contributed by atoms with Crippen molar-refractivity contribution in [2.24, 2.45) is 0 Å². The molecule has 0 radical (unpaired) electrons. The van der Waals surface area contributed by atoms with Crippen molar-refractivity contribution < 1.29 is 18.0 Å². The molecule has 0 aliphatic heterocycles. The van der Waals surface area contributed by atoms with E-state index < -0.39 is 28.0 Å². The Bertz CT molecular complexity index is 1080. The summed E-state index contributed by atoms with van der Waals surface area (Å²) in [6, 6.07) is 13.7. The molecule has 0 saturated carbocycles. The van der Waals surface area contributed by atoms with Gasteiger partial charge in [0.1, 0.15) is 6.54 Å². The first-order valence-corrected chi connectivity index (χ1v) is 12.2. The van der Waals surface area contributed by atoms with Gasteiger partial charge < -0.3 is 10.6 Å². The van der Waals surface area contributed by atoms with Crippen LogP contribution in [0.3, 0.4) is 0 Å². The molecule has 0 aromatic heterocycles. The zero-order valence-electron chi connectivity index (χ0n) is 19.8. The van der Waals surface area contributed by atoms with Gasteiger partial charge in [0.25, 0.3) is 5.91 Å². The van der Waals surface area contributed by atoms with Crippen LogP contribution in [0.15, 0.2) is 48.5 Å². The van der Waals surface area contributed by atoms with E-state index in [4.69, 9.17) is 0 Å². The Labute approximate surface area is 191 Å². The number of rotatable bonds is 6. The molecule has 0 bridgehead atoms. The first-order chi connectivity index (χ1) is 14.6. The number of para-hydroxylation sites is 1. The Morgan fingerprint density at radius 1 is 0.906 bits per heavy atom. The second-order valence-electron chi connectivity index (χ2n) is 9.86. The highest BCUT2D eigenvalue weighted by Crippen LogP contribution is 2.26. The molecule has 0 aliphatic rings. The third-order valence-electron chi connectivity index (χ3n) is 4.64. The van der Waals surface area contributed by atoms with Gasteiger partial charge in [0.15, 0.2) is 0 Å². The minimum Gasteiger partial charge on any atom is -0.347 e. The van der Waals surface area contributed by atoms with Gasteiger partial charge in [-0.1, -0.05) is 45.0 Å². The zero-order chi connectivity index (χ0) is 24.3. The van der Waals surface area contributed by atoms with E-state index in [-0.39, 0.29) is 11.3 Å². The van der Waals surface area contributed by atoms with Gasteiger partial charge in [-0.25, -0.2) is 8.42 Å². The summed E-state index contributed by atoms with van der Waals surface area (Å²) in [5.74, 6) is -0.877. The van der Waals surface area contributed by atoms with Crippen molar-refractivity contribution in [1.29, 1.82) is 0 Å². The molecule has 0 fully saturated rings. The maximum Gasteiger partial charge on any atom is 0.253 e. The van der Waals surface area contributed by atoms with E-state index in [2.05, 4.69) is 31.4 Å². The summed E-state index contributed by atoms with van der Waals surface area (Å²) in [7, 11) is -3.71. The molecular formula is C24H33N3O4S. The summed E-state index contributed by atoms with van der Waals surface area (Å²) in [5, 5.41) is 5.54. The average Bonchev–Trinajstić information content (AvgIpc) is 2.63. The highest BCUT2D eigenvalue weighted by atomic mass is 32.2. The van der Waals surface area contributed by atoms with Gasteiger partial charge in [0, 0.05) is 5.54 Å². The number of carbonyl (C=O) groups is 2. The second-order valence-corrected chi connectivity index (χ2v) is 11.8. The summed E-state index contributed by atoms with van der Waals surface area (Å²) in [6.45, 7) is 11.4. The minimum atomic E-state index is -3.71. The maximum absolute atomic E-state index is 12.8. The fourth-order valence-corrected chi connectivity index (χ4v) is 3.90. The lowest BCUT2D eigenvalue weighted by atomic mass is 9.87. The molecule has 0 unspecified atom stereocenters. The molecule has 8 heteroatoms. The quantitative estimate of drug-likeness (QED) is 0.684. The van der Waals surface area contributed by atoms with Crippen molar-refractivity contribution in [2.45, 2.75) is 52.5 Å². The molecule has 2 amide bonds. The van der Waals surface area contributed by atoms with Gasteiger partial charge >= 0.3 is 0 Å². The van der Waals surface area contributed by atoms with Crippen LogP contribution in [0, 0.1) is 0 Å². The number of anilines is 2. The molecule has 7 nitrogen and oxygen atoms in total. The van der Waals surface area contributed by atoms with Crippen LogP contribution in [0.25, 0.3) is 0 Å². The Balaban J connectivity index is 2.26. The van der Waals surface area contributed by atoms with Crippen LogP contribution in [-0.2, 0) is 20.2 Å². The van der Waals surface area contributed by atoms with Crippen molar-refractivity contribution in [3.63, 3.8) is 0 Å². The highest BCUT2D eigenvalue weighted by molar-refractivity contribution is 7.92. The van der Waals surface area contributed by atoms with Crippen LogP contribution in [0.2, 0.25) is 0 Å². The van der Waals surface area contributed by atoms with E-state index in [0.717, 1.165) is 16.1 Å². The molecule has 0 aliphatic carbocycles. The zero-order valence-corrected chi connectivity index (χ0v) is 20.6. The van der Waals surface area contributed by atoms with E-state index in [1.54, 1.807) is 36.4 Å². The largest absolute Gasteiger partial charge is 0.347 e. The molecular weight excluding hydrogens is 426 g/mol. The summed E-state index contributed by atoms with van der Waals surface area (Å²) in [5.41, 5.74) is 1.54. The lowest BCUT2D eigenvalue weighted by Crippen LogP contribution is -2.41. The van der Waals surface area contributed by atoms with E-state index in [1.807, 2.05) is 32.9 Å². The molecule has 2 aromatic rings. The number of nitrogens with one attached hydrogen (secondary N) is 2. The maximum atomic E-state index is 12.8. The monoisotopic (exact) mass is 459 g/mol. The predicted molar refractivity (Wildman–Crippen MR) is 130 cm³/mol. The summed E-state index contributed by atoms with van der Waals surface area (Å²) in [4.78, 5) is 25.4. The van der Waals surface area contributed by atoms with Gasteiger partial charge in [0.2, 0.25) is 15.9 Å². The van der Waals surface area contributed by atoms with Crippen molar-refractivity contribution in [3.05, 3.63) is 59.7 Å². The minimum absolute atomic E-state index is 0.0802. The van der Waals surface area contributed by atoms with E-state index in [0.29, 0.717) is 16.9 Å². The van der Waals surface area contributed by atoms with E-state index in [9.17, 15) is 18.0 Å². The molecule has 0 heterocycles. The number of hydrogen-bond donors (Lipinski definition) is 2. The molecule has 32 heavy (non-hydrogen) atoms. The lowest BCUT2D eigenvalue weighted by Gasteiger charge is -2.24. The van der Waals surface area contributed by atoms with Gasteiger partial charge in [-0.3, -0.25) is 13.9 Å². The smallest absolute Gasteiger partial charge is 0.253 e. The predicted octanol–water partition coefficient (Wildman–Crippen LogP) is 3.92. The lowest BCUT2D eigenvalue weighted by molar-refractivity contribution is -0.114. The van der Waals surface area contributed by atoms with Crippen molar-refractivity contribution in [1.82, 2.24) is 5.32 Å². The molecule has 0 atom stereocenters. The highest BCUT2D eigenvalue weighted by Gasteiger charge is 2.24. The van der Waals surface area contributed by atoms with Gasteiger partial charge in [-0.15, -0.1) is 0 Å². The first-order valence-electron chi connectivity index (χ1n) is 10.4. The van der Waals surface area contributed by atoms with Crippen molar-refractivity contribution in [2.75, 3.05) is 22.4 Å². The van der Waals surface area contributed by atoms with Gasteiger partial charge in [-0.05, 0) is 56.0 Å². The van der Waals surface area contributed by atoms with Crippen LogP contribution in [0.4, 0.5) is 11.4 Å². The standard InChI is InChI=1S/C24H33N3O4S/c1-23(2,3)17-12-14-18(15-13-17)27(32(7,30)31)16-21(28)25-20-11-9-8-10-19(20)22(29)26-24(4,5)6/h8-15H,16H2,1-7H3,(H,25,28)(H,26,29). The Hall–Kier alpha value is -2.87. The summed E-state index contributed by atoms with van der Waals surface area (Å²) < 4.78 is 25.9. The number of amides is 2. The van der Waals surface area contributed by atoms with Crippen LogP contribution in [0.5, 0.6) is 0 Å². The topological polar surface area (TPSA) is 95.6 Å². The van der Waals surface area contributed by atoms with Gasteiger partial charge in [-0.2, -0.15) is 0 Å². The van der Waals surface area contributed by atoms with Crippen LogP contribution in [-0.4, -0.2) is 38.6 Å². The van der Waals surface area contributed by atoms with E-state index in [1.165, 1.54) is 0 Å². The Morgan fingerprint density at radius 2 is 1.47 bits per heavy atom. The number of benzene rings is 2. The SMILES string of the molecule is CC(C)(C)NC(=O)c1ccccc1NC(=O)CN(c1ccc(C(C)(C)C)cc1)S(C)(=O)=O. The van der Waals surface area contributed by atoms with Crippen LogP contribution < -0.4 is 14.9 Å². The fourth-order valence-electron chi connectivity index (χ4n) is 3.05. The molecule has 0 saturated heterocycles. The van der Waals surface area contributed by atoms with Crippen molar-refractivity contribution in [3.8, 4) is 0 Å². The van der Waals surface area contributed by atoms with E-state index >= 15 is 0 Å². The molecule has 2 aromatic carbocycles. The molecule has 174 valence electrons. The third-order valence-corrected chi connectivity index (χ3v) is 5.78. The molecule has 0 spiro atoms. The van der Waals surface area contributed by atoms with Crippen molar-refractivity contribution >= 4 is 33.2 Å². The summed E-state index contributed by atoms with van der Waals surface area (Å²) in [6.07, 6.45) is 1.06. The number of hydrogen-bond acceptors (Lipinski definition) is 4. The number of carbonyl (C=O) groups excluding carboxylic acids is 2. The second kappa shape index (κ2) is 9.32. The normalized spacial score (nSPS) is 12.2. The van der Waals surface area contributed by atoms with Crippen LogP contribution in [0.1, 0.15) is 57.5 Å². The molecule has 2 rings (SSSR count). The fraction of sp³-hybridized carbons (Fsp3) is 0.417. The third kappa shape index (κ3) is 7.09. The first kappa shape index (κ1) is 25.4. The number of sulfonamides is 1.